The van der Waals surface area contributed by atoms with Gasteiger partial charge >= 0.3 is 0 Å². The molecule has 2 heteroatoms. The SMILES string of the molecule is CCOC(CC)C(=O)CCCc1ccccc1. The van der Waals surface area contributed by atoms with Crippen LogP contribution in [-0.4, -0.2) is 18.5 Å². The second-order valence-electron chi connectivity index (χ2n) is 4.16. The van der Waals surface area contributed by atoms with Crippen molar-refractivity contribution in [2.45, 2.75) is 45.6 Å². The van der Waals surface area contributed by atoms with Gasteiger partial charge in [-0.2, -0.15) is 0 Å². The van der Waals surface area contributed by atoms with Crippen LogP contribution in [0.2, 0.25) is 0 Å². The molecule has 0 spiro atoms. The van der Waals surface area contributed by atoms with Crippen molar-refractivity contribution in [3.8, 4) is 0 Å². The normalized spacial score (nSPS) is 12.4. The van der Waals surface area contributed by atoms with Crippen LogP contribution in [0.1, 0.15) is 38.7 Å². The standard InChI is InChI=1S/C15H22O2/c1-3-15(17-4-2)14(16)12-8-11-13-9-6-5-7-10-13/h5-7,9-10,15H,3-4,8,11-12H2,1-2H3. The zero-order chi connectivity index (χ0) is 12.5. The van der Waals surface area contributed by atoms with Gasteiger partial charge in [0.2, 0.25) is 0 Å². The largest absolute Gasteiger partial charge is 0.371 e. The predicted octanol–water partition coefficient (Wildman–Crippen LogP) is 3.39. The van der Waals surface area contributed by atoms with Crippen LogP contribution in [0.25, 0.3) is 0 Å². The number of ether oxygens (including phenoxy) is 1. The van der Waals surface area contributed by atoms with Crippen LogP contribution in [0.4, 0.5) is 0 Å². The summed E-state index contributed by atoms with van der Waals surface area (Å²) in [7, 11) is 0. The van der Waals surface area contributed by atoms with Crippen molar-refractivity contribution in [3.63, 3.8) is 0 Å². The summed E-state index contributed by atoms with van der Waals surface area (Å²) < 4.78 is 5.41. The first-order chi connectivity index (χ1) is 8.27. The maximum absolute atomic E-state index is 11.8. The highest BCUT2D eigenvalue weighted by Crippen LogP contribution is 2.09. The predicted molar refractivity (Wildman–Crippen MR) is 70.1 cm³/mol. The third-order valence-electron chi connectivity index (χ3n) is 2.83. The van der Waals surface area contributed by atoms with E-state index in [2.05, 4.69) is 12.1 Å². The Morgan fingerprint density at radius 2 is 1.94 bits per heavy atom. The molecule has 0 aliphatic carbocycles. The van der Waals surface area contributed by atoms with Crippen LogP contribution < -0.4 is 0 Å². The van der Waals surface area contributed by atoms with E-state index >= 15 is 0 Å². The lowest BCUT2D eigenvalue weighted by Crippen LogP contribution is -2.23. The number of ketones is 1. The third kappa shape index (κ3) is 5.14. The van der Waals surface area contributed by atoms with Crippen molar-refractivity contribution in [3.05, 3.63) is 35.9 Å². The van der Waals surface area contributed by atoms with Gasteiger partial charge in [-0.15, -0.1) is 0 Å². The van der Waals surface area contributed by atoms with E-state index in [0.29, 0.717) is 13.0 Å². The molecule has 1 unspecified atom stereocenters. The van der Waals surface area contributed by atoms with E-state index < -0.39 is 0 Å². The summed E-state index contributed by atoms with van der Waals surface area (Å²) in [6.45, 7) is 4.54. The summed E-state index contributed by atoms with van der Waals surface area (Å²) in [5, 5.41) is 0. The minimum atomic E-state index is -0.198. The molecular weight excluding hydrogens is 212 g/mol. The molecule has 0 saturated carbocycles. The highest BCUT2D eigenvalue weighted by Gasteiger charge is 2.15. The molecule has 0 saturated heterocycles. The summed E-state index contributed by atoms with van der Waals surface area (Å²) in [4.78, 5) is 11.8. The molecule has 1 aromatic rings. The van der Waals surface area contributed by atoms with E-state index in [9.17, 15) is 4.79 Å². The third-order valence-corrected chi connectivity index (χ3v) is 2.83. The fourth-order valence-corrected chi connectivity index (χ4v) is 1.91. The van der Waals surface area contributed by atoms with Crippen molar-refractivity contribution >= 4 is 5.78 Å². The molecule has 1 atom stereocenters. The Bertz CT molecular complexity index is 319. The first kappa shape index (κ1) is 13.9. The van der Waals surface area contributed by atoms with E-state index in [1.165, 1.54) is 5.56 Å². The zero-order valence-corrected chi connectivity index (χ0v) is 10.8. The van der Waals surface area contributed by atoms with Crippen molar-refractivity contribution in [1.82, 2.24) is 0 Å². The van der Waals surface area contributed by atoms with Gasteiger partial charge in [-0.25, -0.2) is 0 Å². The van der Waals surface area contributed by atoms with Crippen LogP contribution in [0.15, 0.2) is 30.3 Å². The van der Waals surface area contributed by atoms with E-state index in [-0.39, 0.29) is 11.9 Å². The summed E-state index contributed by atoms with van der Waals surface area (Å²) in [6, 6.07) is 10.3. The van der Waals surface area contributed by atoms with Crippen LogP contribution in [0.3, 0.4) is 0 Å². The zero-order valence-electron chi connectivity index (χ0n) is 10.8. The molecule has 0 aliphatic rings. The van der Waals surface area contributed by atoms with Crippen molar-refractivity contribution < 1.29 is 9.53 Å². The first-order valence-electron chi connectivity index (χ1n) is 6.46. The maximum Gasteiger partial charge on any atom is 0.161 e. The van der Waals surface area contributed by atoms with Crippen LogP contribution in [0.5, 0.6) is 0 Å². The second-order valence-corrected chi connectivity index (χ2v) is 4.16. The Morgan fingerprint density at radius 1 is 1.24 bits per heavy atom. The van der Waals surface area contributed by atoms with Gasteiger partial charge in [0.05, 0.1) is 0 Å². The highest BCUT2D eigenvalue weighted by atomic mass is 16.5. The summed E-state index contributed by atoms with van der Waals surface area (Å²) in [5.41, 5.74) is 1.30. The molecule has 1 rings (SSSR count). The van der Waals surface area contributed by atoms with Crippen LogP contribution >= 0.6 is 0 Å². The molecule has 2 nitrogen and oxygen atoms in total. The lowest BCUT2D eigenvalue weighted by molar-refractivity contribution is -0.130. The Kier molecular flexibility index (Phi) is 6.56. The van der Waals surface area contributed by atoms with Crippen LogP contribution in [-0.2, 0) is 16.0 Å². The number of benzene rings is 1. The quantitative estimate of drug-likeness (QED) is 0.689. The molecule has 94 valence electrons. The molecule has 0 heterocycles. The van der Waals surface area contributed by atoms with Gasteiger partial charge in [0.25, 0.3) is 0 Å². The van der Waals surface area contributed by atoms with Crippen LogP contribution in [0, 0.1) is 0 Å². The van der Waals surface area contributed by atoms with Gasteiger partial charge in [0.15, 0.2) is 5.78 Å². The van der Waals surface area contributed by atoms with Gasteiger partial charge in [-0.1, -0.05) is 37.3 Å². The average molecular weight is 234 g/mol. The molecule has 0 amide bonds. The Hall–Kier alpha value is -1.15. The lowest BCUT2D eigenvalue weighted by atomic mass is 10.0. The highest BCUT2D eigenvalue weighted by molar-refractivity contribution is 5.82. The molecule has 17 heavy (non-hydrogen) atoms. The van der Waals surface area contributed by atoms with Crippen molar-refractivity contribution in [2.24, 2.45) is 0 Å². The summed E-state index contributed by atoms with van der Waals surface area (Å²) in [6.07, 6.45) is 3.07. The van der Waals surface area contributed by atoms with Gasteiger partial charge in [-0.05, 0) is 31.7 Å². The number of hydrogen-bond donors (Lipinski definition) is 0. The molecule has 1 aromatic carbocycles. The molecule has 0 fully saturated rings. The molecule has 0 aromatic heterocycles. The fourth-order valence-electron chi connectivity index (χ4n) is 1.91. The number of carbonyl (C=O) groups is 1. The first-order valence-corrected chi connectivity index (χ1v) is 6.46. The minimum Gasteiger partial charge on any atom is -0.371 e. The van der Waals surface area contributed by atoms with E-state index in [1.54, 1.807) is 0 Å². The molecule has 0 radical (unpaired) electrons. The Morgan fingerprint density at radius 3 is 2.53 bits per heavy atom. The average Bonchev–Trinajstić information content (AvgIpc) is 2.37. The Balaban J connectivity index is 2.28. The molecule has 0 bridgehead atoms. The van der Waals surface area contributed by atoms with Gasteiger partial charge in [0, 0.05) is 13.0 Å². The van der Waals surface area contributed by atoms with E-state index in [0.717, 1.165) is 19.3 Å². The topological polar surface area (TPSA) is 26.3 Å². The summed E-state index contributed by atoms with van der Waals surface area (Å²) >= 11 is 0. The number of rotatable bonds is 8. The van der Waals surface area contributed by atoms with Gasteiger partial charge in [0.1, 0.15) is 6.10 Å². The molecule has 0 aliphatic heterocycles. The Labute approximate surface area is 104 Å². The lowest BCUT2D eigenvalue weighted by Gasteiger charge is -2.13. The summed E-state index contributed by atoms with van der Waals surface area (Å²) in [5.74, 6) is 0.241. The second kappa shape index (κ2) is 8.02. The van der Waals surface area contributed by atoms with Crippen molar-refractivity contribution in [2.75, 3.05) is 6.61 Å². The minimum absolute atomic E-state index is 0.198. The number of carbonyl (C=O) groups excluding carboxylic acids is 1. The van der Waals surface area contributed by atoms with Crippen molar-refractivity contribution in [1.29, 1.82) is 0 Å². The smallest absolute Gasteiger partial charge is 0.161 e. The van der Waals surface area contributed by atoms with Gasteiger partial charge in [-0.3, -0.25) is 4.79 Å². The van der Waals surface area contributed by atoms with E-state index in [1.807, 2.05) is 32.0 Å². The fraction of sp³-hybridized carbons (Fsp3) is 0.533. The monoisotopic (exact) mass is 234 g/mol. The molecule has 0 N–H and O–H groups in total. The number of hydrogen-bond acceptors (Lipinski definition) is 2. The van der Waals surface area contributed by atoms with E-state index in [4.69, 9.17) is 4.74 Å². The molecular formula is C15H22O2. The number of Topliss-reactive ketones (excluding diaryl/α,β-unsaturated/α-hetero) is 1. The van der Waals surface area contributed by atoms with Gasteiger partial charge < -0.3 is 4.74 Å². The maximum atomic E-state index is 11.8. The number of aryl methyl sites for hydroxylation is 1.